The first-order valence-electron chi connectivity index (χ1n) is 4.64. The molecule has 0 amide bonds. The molecule has 0 saturated heterocycles. The molecule has 2 N–H and O–H groups in total. The van der Waals surface area contributed by atoms with Gasteiger partial charge in [-0.25, -0.2) is 0 Å². The van der Waals surface area contributed by atoms with E-state index >= 15 is 0 Å². The summed E-state index contributed by atoms with van der Waals surface area (Å²) >= 11 is 1.66. The van der Waals surface area contributed by atoms with Gasteiger partial charge in [0.1, 0.15) is 11.2 Å². The van der Waals surface area contributed by atoms with Gasteiger partial charge in [0.15, 0.2) is 0 Å². The molecule has 0 aromatic heterocycles. The van der Waals surface area contributed by atoms with Crippen molar-refractivity contribution in [1.82, 2.24) is 0 Å². The zero-order valence-electron chi connectivity index (χ0n) is 8.36. The van der Waals surface area contributed by atoms with Crippen LogP contribution in [0.15, 0.2) is 23.1 Å². The van der Waals surface area contributed by atoms with Gasteiger partial charge >= 0.3 is 0 Å². The smallest absolute Gasteiger partial charge is 0.130 e. The van der Waals surface area contributed by atoms with Crippen LogP contribution in [0, 0.1) is 0 Å². The van der Waals surface area contributed by atoms with Crippen LogP contribution >= 0.6 is 11.8 Å². The largest absolute Gasteiger partial charge is 0.494 e. The van der Waals surface area contributed by atoms with E-state index in [-0.39, 0.29) is 5.50 Å². The fraction of sp³-hybridized carbons (Fsp3) is 0.400. The Labute approximate surface area is 88.2 Å². The first kappa shape index (κ1) is 9.68. The van der Waals surface area contributed by atoms with Crippen LogP contribution < -0.4 is 15.4 Å². The number of nitrogens with two attached hydrogens (primary N) is 1. The lowest BCUT2D eigenvalue weighted by molar-refractivity contribution is 0.339. The number of nitrogens with zero attached hydrogens (tertiary/aromatic N) is 1. The number of rotatable bonds is 2. The van der Waals surface area contributed by atoms with Gasteiger partial charge < -0.3 is 15.4 Å². The Morgan fingerprint density at radius 1 is 1.57 bits per heavy atom. The molecular formula is C10H14N2OS. The molecule has 0 spiro atoms. The maximum Gasteiger partial charge on any atom is 0.130 e. The van der Waals surface area contributed by atoms with Crippen LogP contribution in [-0.4, -0.2) is 19.2 Å². The zero-order valence-corrected chi connectivity index (χ0v) is 9.17. The van der Waals surface area contributed by atoms with E-state index in [1.54, 1.807) is 11.8 Å². The molecule has 0 fully saturated rings. The van der Waals surface area contributed by atoms with Gasteiger partial charge in [0.25, 0.3) is 0 Å². The highest BCUT2D eigenvalue weighted by molar-refractivity contribution is 8.00. The molecule has 0 bridgehead atoms. The summed E-state index contributed by atoms with van der Waals surface area (Å²) in [5.41, 5.74) is 7.12. The maximum atomic E-state index is 5.90. The van der Waals surface area contributed by atoms with Crippen molar-refractivity contribution in [3.05, 3.63) is 18.2 Å². The molecule has 1 aromatic carbocycles. The van der Waals surface area contributed by atoms with Gasteiger partial charge in [-0.1, -0.05) is 11.8 Å². The van der Waals surface area contributed by atoms with Gasteiger partial charge in [-0.2, -0.15) is 0 Å². The highest BCUT2D eigenvalue weighted by Gasteiger charge is 2.24. The fourth-order valence-electron chi connectivity index (χ4n) is 1.48. The van der Waals surface area contributed by atoms with E-state index in [2.05, 4.69) is 11.0 Å². The highest BCUT2D eigenvalue weighted by atomic mass is 32.2. The average molecular weight is 210 g/mol. The minimum Gasteiger partial charge on any atom is -0.494 e. The summed E-state index contributed by atoms with van der Waals surface area (Å²) in [5.74, 6) is 0.918. The topological polar surface area (TPSA) is 38.5 Å². The molecule has 1 atom stereocenters. The lowest BCUT2D eigenvalue weighted by Gasteiger charge is -2.16. The molecule has 1 unspecified atom stereocenters. The number of hydrogen-bond donors (Lipinski definition) is 1. The Morgan fingerprint density at radius 2 is 2.36 bits per heavy atom. The standard InChI is InChI=1S/C10H14N2OS/c1-3-13-7-4-5-8-9(6-7)14-10(11)12(8)2/h4-6,10H,3,11H2,1-2H3. The Morgan fingerprint density at radius 3 is 3.07 bits per heavy atom. The van der Waals surface area contributed by atoms with E-state index < -0.39 is 0 Å². The van der Waals surface area contributed by atoms with Gasteiger partial charge in [0.05, 0.1) is 12.3 Å². The molecule has 14 heavy (non-hydrogen) atoms. The molecule has 0 aliphatic carbocycles. The van der Waals surface area contributed by atoms with Crippen LogP contribution in [0.1, 0.15) is 6.92 Å². The Hall–Kier alpha value is -0.870. The van der Waals surface area contributed by atoms with Gasteiger partial charge in [-0.15, -0.1) is 0 Å². The predicted octanol–water partition coefficient (Wildman–Crippen LogP) is 1.87. The first-order valence-corrected chi connectivity index (χ1v) is 5.52. The van der Waals surface area contributed by atoms with Crippen molar-refractivity contribution >= 4 is 17.4 Å². The van der Waals surface area contributed by atoms with Crippen LogP contribution in [0.4, 0.5) is 5.69 Å². The minimum absolute atomic E-state index is 0.0295. The number of thioether (sulfide) groups is 1. The lowest BCUT2D eigenvalue weighted by Crippen LogP contribution is -2.32. The van der Waals surface area contributed by atoms with Crippen molar-refractivity contribution in [2.24, 2.45) is 5.73 Å². The number of fused-ring (bicyclic) bond motifs is 1. The van der Waals surface area contributed by atoms with E-state index in [0.717, 1.165) is 5.75 Å². The van der Waals surface area contributed by atoms with Crippen LogP contribution in [0.5, 0.6) is 5.75 Å². The molecule has 0 saturated carbocycles. The normalized spacial score (nSPS) is 19.6. The second-order valence-electron chi connectivity index (χ2n) is 3.18. The monoisotopic (exact) mass is 210 g/mol. The Bertz CT molecular complexity index is 343. The van der Waals surface area contributed by atoms with Crippen molar-refractivity contribution in [3.8, 4) is 5.75 Å². The summed E-state index contributed by atoms with van der Waals surface area (Å²) < 4.78 is 5.43. The quantitative estimate of drug-likeness (QED) is 0.808. The van der Waals surface area contributed by atoms with Crippen molar-refractivity contribution in [1.29, 1.82) is 0 Å². The fourth-order valence-corrected chi connectivity index (χ4v) is 2.53. The number of hydrogen-bond acceptors (Lipinski definition) is 4. The van der Waals surface area contributed by atoms with E-state index in [1.165, 1.54) is 10.6 Å². The van der Waals surface area contributed by atoms with Crippen LogP contribution in [-0.2, 0) is 0 Å². The van der Waals surface area contributed by atoms with E-state index in [9.17, 15) is 0 Å². The minimum atomic E-state index is 0.0295. The second-order valence-corrected chi connectivity index (χ2v) is 4.34. The van der Waals surface area contributed by atoms with Crippen molar-refractivity contribution in [3.63, 3.8) is 0 Å². The predicted molar refractivity (Wildman–Crippen MR) is 59.8 cm³/mol. The molecule has 1 aliphatic heterocycles. The highest BCUT2D eigenvalue weighted by Crippen LogP contribution is 2.41. The van der Waals surface area contributed by atoms with Crippen molar-refractivity contribution in [2.75, 3.05) is 18.6 Å². The number of benzene rings is 1. The molecule has 1 heterocycles. The summed E-state index contributed by atoms with van der Waals surface area (Å²) in [5, 5.41) is 0. The summed E-state index contributed by atoms with van der Waals surface area (Å²) in [7, 11) is 2.00. The molecule has 1 aromatic rings. The molecule has 3 nitrogen and oxygen atoms in total. The van der Waals surface area contributed by atoms with E-state index in [4.69, 9.17) is 10.5 Å². The molecule has 2 rings (SSSR count). The first-order chi connectivity index (χ1) is 6.72. The van der Waals surface area contributed by atoms with Crippen LogP contribution in [0.25, 0.3) is 0 Å². The Kier molecular flexibility index (Phi) is 2.56. The number of anilines is 1. The SMILES string of the molecule is CCOc1ccc2c(c1)SC(N)N2C. The second kappa shape index (κ2) is 3.71. The summed E-state index contributed by atoms with van der Waals surface area (Å²) in [6, 6.07) is 6.09. The lowest BCUT2D eigenvalue weighted by atomic mass is 10.3. The number of ether oxygens (including phenoxy) is 1. The zero-order chi connectivity index (χ0) is 10.1. The maximum absolute atomic E-state index is 5.90. The molecule has 4 heteroatoms. The summed E-state index contributed by atoms with van der Waals surface area (Å²) in [6.07, 6.45) is 0. The van der Waals surface area contributed by atoms with Crippen molar-refractivity contribution in [2.45, 2.75) is 17.3 Å². The molecular weight excluding hydrogens is 196 g/mol. The molecule has 0 radical (unpaired) electrons. The van der Waals surface area contributed by atoms with Gasteiger partial charge in [0.2, 0.25) is 0 Å². The molecule has 76 valence electrons. The van der Waals surface area contributed by atoms with Gasteiger partial charge in [-0.05, 0) is 25.1 Å². The Balaban J connectivity index is 2.30. The summed E-state index contributed by atoms with van der Waals surface area (Å²) in [4.78, 5) is 3.27. The average Bonchev–Trinajstić information content (AvgIpc) is 2.43. The van der Waals surface area contributed by atoms with Gasteiger partial charge in [-0.3, -0.25) is 0 Å². The van der Waals surface area contributed by atoms with E-state index in [1.807, 2.05) is 26.1 Å². The van der Waals surface area contributed by atoms with Crippen LogP contribution in [0.2, 0.25) is 0 Å². The van der Waals surface area contributed by atoms with Crippen LogP contribution in [0.3, 0.4) is 0 Å². The van der Waals surface area contributed by atoms with E-state index in [0.29, 0.717) is 6.61 Å². The summed E-state index contributed by atoms with van der Waals surface area (Å²) in [6.45, 7) is 2.68. The third-order valence-corrected chi connectivity index (χ3v) is 3.39. The molecule has 1 aliphatic rings. The van der Waals surface area contributed by atoms with Crippen molar-refractivity contribution < 1.29 is 4.74 Å². The third-order valence-electron chi connectivity index (χ3n) is 2.25. The third kappa shape index (κ3) is 1.55. The van der Waals surface area contributed by atoms with Gasteiger partial charge in [0, 0.05) is 11.9 Å².